The van der Waals surface area contributed by atoms with Gasteiger partial charge in [-0.15, -0.1) is 0 Å². The van der Waals surface area contributed by atoms with Crippen molar-refractivity contribution in [2.75, 3.05) is 0 Å². The molecule has 0 aromatic heterocycles. The van der Waals surface area contributed by atoms with Crippen LogP contribution in [-0.4, -0.2) is 11.4 Å². The largest absolute Gasteiger partial charge is 0.507 e. The van der Waals surface area contributed by atoms with Crippen LogP contribution < -0.4 is 0 Å². The first-order valence-corrected chi connectivity index (χ1v) is 6.23. The number of aryl methyl sites for hydroxylation is 1. The molecule has 0 spiro atoms. The maximum absolute atomic E-state index is 11.1. The molecule has 0 aliphatic heterocycles. The van der Waals surface area contributed by atoms with Gasteiger partial charge in [-0.25, -0.2) is 0 Å². The van der Waals surface area contributed by atoms with Crippen LogP contribution in [0.25, 0.3) is 5.57 Å². The van der Waals surface area contributed by atoms with Crippen molar-refractivity contribution in [2.45, 2.75) is 27.2 Å². The first kappa shape index (κ1) is 15.0. The van der Waals surface area contributed by atoms with E-state index in [1.807, 2.05) is 51.1 Å². The first-order chi connectivity index (χ1) is 8.97. The third kappa shape index (κ3) is 3.95. The minimum absolute atomic E-state index is 0.0261. The Bertz CT molecular complexity index is 544. The highest BCUT2D eigenvalue weighted by atomic mass is 16.3. The molecule has 19 heavy (non-hydrogen) atoms. The smallest absolute Gasteiger partial charge is 0.150 e. The monoisotopic (exact) mass is 256 g/mol. The Morgan fingerprint density at radius 2 is 1.95 bits per heavy atom. The summed E-state index contributed by atoms with van der Waals surface area (Å²) in [6.45, 7) is 9.75. The Labute approximate surface area is 114 Å². The fraction of sp³-hybridized carbons (Fsp3) is 0.235. The molecule has 0 aliphatic carbocycles. The van der Waals surface area contributed by atoms with Crippen LogP contribution in [0.1, 0.15) is 31.4 Å². The molecular weight excluding hydrogens is 236 g/mol. The Morgan fingerprint density at radius 3 is 2.47 bits per heavy atom. The van der Waals surface area contributed by atoms with Crippen LogP contribution in [0.5, 0.6) is 0 Å². The lowest BCUT2D eigenvalue weighted by Crippen LogP contribution is -1.97. The molecule has 1 aromatic carbocycles. The van der Waals surface area contributed by atoms with E-state index in [9.17, 15) is 9.90 Å². The molecule has 0 unspecified atom stereocenters. The summed E-state index contributed by atoms with van der Waals surface area (Å²) >= 11 is 0. The van der Waals surface area contributed by atoms with E-state index in [-0.39, 0.29) is 5.76 Å². The van der Waals surface area contributed by atoms with Crippen LogP contribution in [-0.2, 0) is 4.79 Å². The number of hydrogen-bond donors (Lipinski definition) is 1. The van der Waals surface area contributed by atoms with Gasteiger partial charge in [0.1, 0.15) is 12.0 Å². The lowest BCUT2D eigenvalue weighted by Gasteiger charge is -2.10. The predicted octanol–water partition coefficient (Wildman–Crippen LogP) is 4.38. The maximum Gasteiger partial charge on any atom is 0.150 e. The van der Waals surface area contributed by atoms with Crippen molar-refractivity contribution in [3.05, 3.63) is 65.0 Å². The maximum atomic E-state index is 11.1. The van der Waals surface area contributed by atoms with Gasteiger partial charge >= 0.3 is 0 Å². The van der Waals surface area contributed by atoms with Crippen molar-refractivity contribution < 1.29 is 9.90 Å². The average Bonchev–Trinajstić information content (AvgIpc) is 2.38. The molecule has 0 amide bonds. The van der Waals surface area contributed by atoms with Gasteiger partial charge in [0.15, 0.2) is 0 Å². The lowest BCUT2D eigenvalue weighted by molar-refractivity contribution is -0.105. The zero-order chi connectivity index (χ0) is 14.4. The number of aliphatic hydroxyl groups is 1. The van der Waals surface area contributed by atoms with Crippen molar-refractivity contribution in [1.82, 2.24) is 0 Å². The van der Waals surface area contributed by atoms with Gasteiger partial charge in [0.2, 0.25) is 0 Å². The first-order valence-electron chi connectivity index (χ1n) is 6.23. The van der Waals surface area contributed by atoms with Crippen molar-refractivity contribution in [3.63, 3.8) is 0 Å². The summed E-state index contributed by atoms with van der Waals surface area (Å²) in [5.74, 6) is -0.0261. The highest BCUT2D eigenvalue weighted by Gasteiger charge is 2.11. The highest BCUT2D eigenvalue weighted by Crippen LogP contribution is 2.25. The van der Waals surface area contributed by atoms with Gasteiger partial charge in [0, 0.05) is 11.1 Å². The zero-order valence-corrected chi connectivity index (χ0v) is 11.7. The summed E-state index contributed by atoms with van der Waals surface area (Å²) in [6.07, 6.45) is 3.02. The second-order valence-electron chi connectivity index (χ2n) is 4.77. The third-order valence-corrected chi connectivity index (χ3v) is 2.93. The van der Waals surface area contributed by atoms with E-state index in [0.29, 0.717) is 23.9 Å². The molecule has 0 saturated carbocycles. The van der Waals surface area contributed by atoms with Crippen LogP contribution in [0, 0.1) is 6.92 Å². The quantitative estimate of drug-likeness (QED) is 0.279. The van der Waals surface area contributed by atoms with Crippen LogP contribution in [0.4, 0.5) is 0 Å². The minimum atomic E-state index is -0.0261. The average molecular weight is 256 g/mol. The van der Waals surface area contributed by atoms with Crippen molar-refractivity contribution in [2.24, 2.45) is 0 Å². The van der Waals surface area contributed by atoms with Crippen molar-refractivity contribution in [1.29, 1.82) is 0 Å². The van der Waals surface area contributed by atoms with Gasteiger partial charge in [-0.1, -0.05) is 42.5 Å². The van der Waals surface area contributed by atoms with E-state index in [0.717, 1.165) is 16.7 Å². The number of aliphatic hydroxyl groups excluding tert-OH is 1. The number of allylic oxidation sites excluding steroid dienone is 4. The molecule has 100 valence electrons. The molecule has 0 radical (unpaired) electrons. The van der Waals surface area contributed by atoms with Gasteiger partial charge in [-0.3, -0.25) is 4.79 Å². The van der Waals surface area contributed by atoms with Crippen LogP contribution >= 0.6 is 0 Å². The third-order valence-electron chi connectivity index (χ3n) is 2.93. The van der Waals surface area contributed by atoms with Crippen molar-refractivity contribution >= 4 is 11.9 Å². The summed E-state index contributed by atoms with van der Waals surface area (Å²) in [6, 6.07) is 7.65. The van der Waals surface area contributed by atoms with Gasteiger partial charge < -0.3 is 5.11 Å². The normalized spacial score (nSPS) is 11.5. The summed E-state index contributed by atoms with van der Waals surface area (Å²) in [5.41, 5.74) is 3.83. The Balaban J connectivity index is 3.12. The molecule has 1 aromatic rings. The standard InChI is InChI=1S/C17H20O2/c1-12(2)9-10-15(11-18)17(19)14(4)16-8-6-5-7-13(16)3/h5-9,11,19H,4,10H2,1-3H3/b17-15+. The van der Waals surface area contributed by atoms with E-state index in [1.54, 1.807) is 0 Å². The molecule has 2 heteroatoms. The molecule has 0 saturated heterocycles. The summed E-state index contributed by atoms with van der Waals surface area (Å²) in [5, 5.41) is 10.2. The van der Waals surface area contributed by atoms with Gasteiger partial charge in [-0.2, -0.15) is 0 Å². The molecule has 2 nitrogen and oxygen atoms in total. The number of rotatable bonds is 5. The van der Waals surface area contributed by atoms with E-state index in [1.165, 1.54) is 0 Å². The Morgan fingerprint density at radius 1 is 1.32 bits per heavy atom. The minimum Gasteiger partial charge on any atom is -0.507 e. The van der Waals surface area contributed by atoms with Gasteiger partial charge in [-0.05, 0) is 38.3 Å². The molecular formula is C17H20O2. The second kappa shape index (κ2) is 6.74. The molecule has 0 fully saturated rings. The number of benzene rings is 1. The van der Waals surface area contributed by atoms with Gasteiger partial charge in [0.05, 0.1) is 0 Å². The second-order valence-corrected chi connectivity index (χ2v) is 4.77. The number of carbonyl (C=O) groups is 1. The van der Waals surface area contributed by atoms with Crippen LogP contribution in [0.15, 0.2) is 53.8 Å². The topological polar surface area (TPSA) is 37.3 Å². The van der Waals surface area contributed by atoms with E-state index in [2.05, 4.69) is 6.58 Å². The molecule has 0 atom stereocenters. The highest BCUT2D eigenvalue weighted by molar-refractivity contribution is 5.86. The van der Waals surface area contributed by atoms with Crippen molar-refractivity contribution in [3.8, 4) is 0 Å². The summed E-state index contributed by atoms with van der Waals surface area (Å²) in [7, 11) is 0. The van der Waals surface area contributed by atoms with Crippen LogP contribution in [0.2, 0.25) is 0 Å². The van der Waals surface area contributed by atoms with Crippen LogP contribution in [0.3, 0.4) is 0 Å². The summed E-state index contributed by atoms with van der Waals surface area (Å²) in [4.78, 5) is 11.1. The fourth-order valence-electron chi connectivity index (χ4n) is 1.75. The zero-order valence-electron chi connectivity index (χ0n) is 11.7. The van der Waals surface area contributed by atoms with E-state index in [4.69, 9.17) is 0 Å². The molecule has 0 heterocycles. The Kier molecular flexibility index (Phi) is 5.31. The predicted molar refractivity (Wildman–Crippen MR) is 80.0 cm³/mol. The number of aldehydes is 1. The fourth-order valence-corrected chi connectivity index (χ4v) is 1.75. The number of hydrogen-bond acceptors (Lipinski definition) is 2. The molecule has 0 bridgehead atoms. The van der Waals surface area contributed by atoms with E-state index < -0.39 is 0 Å². The number of carbonyl (C=O) groups excluding carboxylic acids is 1. The summed E-state index contributed by atoms with van der Waals surface area (Å²) < 4.78 is 0. The molecule has 0 aliphatic rings. The molecule has 1 N–H and O–H groups in total. The SMILES string of the molecule is C=C(/C(O)=C(\C=O)CC=C(C)C)c1ccccc1C. The van der Waals surface area contributed by atoms with Gasteiger partial charge in [0.25, 0.3) is 0 Å². The molecule has 1 rings (SSSR count). The lowest BCUT2D eigenvalue weighted by atomic mass is 9.97. The Hall–Kier alpha value is -2.09. The van der Waals surface area contributed by atoms with E-state index >= 15 is 0 Å².